The molecule has 21 heavy (non-hydrogen) atoms. The quantitative estimate of drug-likeness (QED) is 0.624. The molecule has 1 aliphatic carbocycles. The highest BCUT2D eigenvalue weighted by Gasteiger charge is 2.21. The van der Waals surface area contributed by atoms with Gasteiger partial charge in [-0.3, -0.25) is 4.79 Å². The van der Waals surface area contributed by atoms with E-state index in [0.29, 0.717) is 11.7 Å². The minimum atomic E-state index is 0.151. The number of amides is 1. The number of thioether (sulfide) groups is 1. The lowest BCUT2D eigenvalue weighted by Gasteiger charge is -2.26. The zero-order chi connectivity index (χ0) is 15.2. The van der Waals surface area contributed by atoms with Crippen molar-refractivity contribution >= 4 is 23.4 Å². The molecule has 1 atom stereocenters. The number of hydrogen-bond acceptors (Lipinski definition) is 3. The summed E-state index contributed by atoms with van der Waals surface area (Å²) < 4.78 is 0. The van der Waals surface area contributed by atoms with E-state index in [9.17, 15) is 4.79 Å². The fraction of sp³-hybridized carbons (Fsp3) is 0.588. The van der Waals surface area contributed by atoms with Crippen molar-refractivity contribution in [2.45, 2.75) is 45.6 Å². The highest BCUT2D eigenvalue weighted by Crippen LogP contribution is 2.31. The van der Waals surface area contributed by atoms with E-state index in [4.69, 9.17) is 5.73 Å². The zero-order valence-electron chi connectivity index (χ0n) is 13.0. The summed E-state index contributed by atoms with van der Waals surface area (Å²) in [6.07, 6.45) is 4.38. The third-order valence-electron chi connectivity index (χ3n) is 3.89. The summed E-state index contributed by atoms with van der Waals surface area (Å²) in [5.74, 6) is 2.48. The number of fused-ring (bicyclic) bond motifs is 1. The lowest BCUT2D eigenvalue weighted by atomic mass is 9.87. The molecule has 0 spiro atoms. The maximum Gasteiger partial charge on any atom is 0.230 e. The monoisotopic (exact) mass is 306 g/mol. The zero-order valence-corrected chi connectivity index (χ0v) is 13.8. The molecule has 0 saturated carbocycles. The van der Waals surface area contributed by atoms with Crippen molar-refractivity contribution in [3.63, 3.8) is 0 Å². The fourth-order valence-corrected chi connectivity index (χ4v) is 3.76. The van der Waals surface area contributed by atoms with Gasteiger partial charge in [0, 0.05) is 5.69 Å². The first-order chi connectivity index (χ1) is 10.1. The second-order valence-electron chi connectivity index (χ2n) is 6.21. The number of carbonyl (C=O) groups is 1. The Morgan fingerprint density at radius 1 is 1.48 bits per heavy atom. The van der Waals surface area contributed by atoms with Gasteiger partial charge < -0.3 is 11.1 Å². The number of nitrogen functional groups attached to an aromatic ring is 1. The number of nitrogens with one attached hydrogen (secondary N) is 1. The third-order valence-corrected chi connectivity index (χ3v) is 4.88. The molecule has 0 radical (unpaired) electrons. The van der Waals surface area contributed by atoms with Crippen molar-refractivity contribution in [3.05, 3.63) is 29.3 Å². The van der Waals surface area contributed by atoms with Crippen molar-refractivity contribution in [2.24, 2.45) is 5.92 Å². The first-order valence-electron chi connectivity index (χ1n) is 7.81. The molecule has 0 saturated heterocycles. The van der Waals surface area contributed by atoms with E-state index in [1.165, 1.54) is 17.5 Å². The molecule has 116 valence electrons. The lowest BCUT2D eigenvalue weighted by molar-refractivity contribution is -0.119. The van der Waals surface area contributed by atoms with Gasteiger partial charge in [0.2, 0.25) is 5.91 Å². The first kappa shape index (κ1) is 16.2. The van der Waals surface area contributed by atoms with Crippen molar-refractivity contribution in [1.29, 1.82) is 0 Å². The number of hydrogen-bond donors (Lipinski definition) is 2. The van der Waals surface area contributed by atoms with Crippen LogP contribution in [0.5, 0.6) is 0 Å². The minimum absolute atomic E-state index is 0.151. The Hall–Kier alpha value is -1.16. The molecule has 0 heterocycles. The summed E-state index contributed by atoms with van der Waals surface area (Å²) in [5, 5.41) is 3.18. The van der Waals surface area contributed by atoms with E-state index >= 15 is 0 Å². The summed E-state index contributed by atoms with van der Waals surface area (Å²) in [5.41, 5.74) is 9.19. The van der Waals surface area contributed by atoms with Gasteiger partial charge in [0.1, 0.15) is 0 Å². The highest BCUT2D eigenvalue weighted by atomic mass is 32.2. The van der Waals surface area contributed by atoms with Crippen molar-refractivity contribution < 1.29 is 4.79 Å². The standard InChI is InChI=1S/C17H26N2OS/c1-12(2)8-9-21-11-17(20)19-16-5-3-4-13-10-14(18)6-7-15(13)16/h6-7,10,12,16H,3-5,8-9,11,18H2,1-2H3,(H,19,20). The van der Waals surface area contributed by atoms with E-state index in [1.807, 2.05) is 12.1 Å². The Kier molecular flexibility index (Phi) is 5.97. The Bertz CT molecular complexity index is 488. The van der Waals surface area contributed by atoms with Crippen LogP contribution in [0.1, 0.15) is 50.3 Å². The number of nitrogens with two attached hydrogens (primary N) is 1. The number of aryl methyl sites for hydroxylation is 1. The van der Waals surface area contributed by atoms with E-state index in [0.717, 1.165) is 30.7 Å². The lowest BCUT2D eigenvalue weighted by Crippen LogP contribution is -2.32. The molecule has 4 heteroatoms. The molecule has 0 aliphatic heterocycles. The Balaban J connectivity index is 1.85. The van der Waals surface area contributed by atoms with Gasteiger partial charge in [0.25, 0.3) is 0 Å². The van der Waals surface area contributed by atoms with Crippen LogP contribution in [0.2, 0.25) is 0 Å². The molecule has 2 rings (SSSR count). The van der Waals surface area contributed by atoms with Crippen LogP contribution in [-0.2, 0) is 11.2 Å². The Labute approximate surface area is 132 Å². The summed E-state index contributed by atoms with van der Waals surface area (Å²) >= 11 is 1.73. The molecule has 1 unspecified atom stereocenters. The van der Waals surface area contributed by atoms with Crippen LogP contribution in [0, 0.1) is 5.92 Å². The Morgan fingerprint density at radius 2 is 2.29 bits per heavy atom. The molecule has 1 aromatic carbocycles. The van der Waals surface area contributed by atoms with Gasteiger partial charge in [0.15, 0.2) is 0 Å². The molecule has 1 aliphatic rings. The molecule has 1 amide bonds. The topological polar surface area (TPSA) is 55.1 Å². The second kappa shape index (κ2) is 7.74. The molecule has 0 bridgehead atoms. The smallest absolute Gasteiger partial charge is 0.230 e. The van der Waals surface area contributed by atoms with Gasteiger partial charge in [-0.1, -0.05) is 19.9 Å². The average molecular weight is 306 g/mol. The van der Waals surface area contributed by atoms with Crippen molar-refractivity contribution in [1.82, 2.24) is 5.32 Å². The van der Waals surface area contributed by atoms with Crippen molar-refractivity contribution in [2.75, 3.05) is 17.2 Å². The summed E-state index contributed by atoms with van der Waals surface area (Å²) in [6.45, 7) is 4.43. The fourth-order valence-electron chi connectivity index (χ4n) is 2.70. The van der Waals surface area contributed by atoms with E-state index < -0.39 is 0 Å². The average Bonchev–Trinajstić information content (AvgIpc) is 2.43. The van der Waals surface area contributed by atoms with Gasteiger partial charge >= 0.3 is 0 Å². The second-order valence-corrected chi connectivity index (χ2v) is 7.31. The number of rotatable bonds is 6. The van der Waals surface area contributed by atoms with E-state index in [1.54, 1.807) is 11.8 Å². The Morgan fingerprint density at radius 3 is 3.05 bits per heavy atom. The molecule has 0 fully saturated rings. The summed E-state index contributed by atoms with van der Waals surface area (Å²) in [4.78, 5) is 12.1. The molecule has 0 aromatic heterocycles. The van der Waals surface area contributed by atoms with E-state index in [-0.39, 0.29) is 11.9 Å². The maximum absolute atomic E-state index is 12.1. The molecular formula is C17H26N2OS. The van der Waals surface area contributed by atoms with Crippen LogP contribution in [0.25, 0.3) is 0 Å². The van der Waals surface area contributed by atoms with Gasteiger partial charge in [-0.25, -0.2) is 0 Å². The van der Waals surface area contributed by atoms with Crippen LogP contribution in [0.3, 0.4) is 0 Å². The summed E-state index contributed by atoms with van der Waals surface area (Å²) in [6, 6.07) is 6.21. The normalized spacial score (nSPS) is 17.6. The van der Waals surface area contributed by atoms with Crippen LogP contribution in [0.4, 0.5) is 5.69 Å². The van der Waals surface area contributed by atoms with Crippen LogP contribution in [-0.4, -0.2) is 17.4 Å². The van der Waals surface area contributed by atoms with Crippen molar-refractivity contribution in [3.8, 4) is 0 Å². The first-order valence-corrected chi connectivity index (χ1v) is 8.97. The van der Waals surface area contributed by atoms with Gasteiger partial charge in [-0.2, -0.15) is 11.8 Å². The highest BCUT2D eigenvalue weighted by molar-refractivity contribution is 7.99. The number of benzene rings is 1. The predicted octanol–water partition coefficient (Wildman–Crippen LogP) is 3.54. The van der Waals surface area contributed by atoms with Crippen LogP contribution in [0.15, 0.2) is 18.2 Å². The van der Waals surface area contributed by atoms with Crippen LogP contribution < -0.4 is 11.1 Å². The van der Waals surface area contributed by atoms with E-state index in [2.05, 4.69) is 25.2 Å². The molecule has 3 nitrogen and oxygen atoms in total. The minimum Gasteiger partial charge on any atom is -0.399 e. The SMILES string of the molecule is CC(C)CCSCC(=O)NC1CCCc2cc(N)ccc21. The number of carbonyl (C=O) groups excluding carboxylic acids is 1. The largest absolute Gasteiger partial charge is 0.399 e. The third kappa shape index (κ3) is 4.95. The van der Waals surface area contributed by atoms with Gasteiger partial charge in [0.05, 0.1) is 11.8 Å². The molecule has 3 N–H and O–H groups in total. The van der Waals surface area contributed by atoms with Gasteiger partial charge in [-0.05, 0) is 60.6 Å². The maximum atomic E-state index is 12.1. The molecule has 1 aromatic rings. The summed E-state index contributed by atoms with van der Waals surface area (Å²) in [7, 11) is 0. The predicted molar refractivity (Wildman–Crippen MR) is 91.5 cm³/mol. The molecular weight excluding hydrogens is 280 g/mol. The van der Waals surface area contributed by atoms with Gasteiger partial charge in [-0.15, -0.1) is 0 Å². The number of anilines is 1. The van der Waals surface area contributed by atoms with Crippen LogP contribution >= 0.6 is 11.8 Å².